The van der Waals surface area contributed by atoms with Gasteiger partial charge in [0.15, 0.2) is 17.5 Å². The summed E-state index contributed by atoms with van der Waals surface area (Å²) in [5, 5.41) is -1.06. The van der Waals surface area contributed by atoms with E-state index in [0.29, 0.717) is 0 Å². The van der Waals surface area contributed by atoms with Gasteiger partial charge < -0.3 is 23.7 Å². The van der Waals surface area contributed by atoms with E-state index < -0.39 is 47.8 Å². The van der Waals surface area contributed by atoms with Crippen LogP contribution >= 0.6 is 11.8 Å². The molecule has 1 aliphatic heterocycles. The van der Waals surface area contributed by atoms with Gasteiger partial charge in [-0.25, -0.2) is 0 Å². The molecule has 1 fully saturated rings. The van der Waals surface area contributed by atoms with Crippen LogP contribution in [0.5, 0.6) is 0 Å². The summed E-state index contributed by atoms with van der Waals surface area (Å²) in [5.74, 6) is -1.77. The normalized spacial score (nSPS) is 28.8. The van der Waals surface area contributed by atoms with Crippen molar-refractivity contribution >= 4 is 34.8 Å². The molecular formula is C15H22O9S. The smallest absolute Gasteiger partial charge is 0.303 e. The maximum Gasteiger partial charge on any atom is 0.303 e. The number of rotatable bonds is 6. The van der Waals surface area contributed by atoms with Crippen LogP contribution in [0.15, 0.2) is 0 Å². The summed E-state index contributed by atoms with van der Waals surface area (Å²) >= 11 is 0.839. The van der Waals surface area contributed by atoms with Gasteiger partial charge in [-0.1, -0.05) is 11.8 Å². The number of esters is 3. The van der Waals surface area contributed by atoms with Gasteiger partial charge in [-0.05, 0) is 0 Å². The third-order valence-corrected chi connectivity index (χ3v) is 4.32. The number of hydrogen-bond acceptors (Lipinski definition) is 10. The number of hydrogen-bond donors (Lipinski definition) is 0. The quantitative estimate of drug-likeness (QED) is 0.476. The average molecular weight is 378 g/mol. The zero-order valence-electron chi connectivity index (χ0n) is 14.7. The predicted octanol–water partition coefficient (Wildman–Crippen LogP) is 0.433. The van der Waals surface area contributed by atoms with Crippen LogP contribution < -0.4 is 0 Å². The van der Waals surface area contributed by atoms with E-state index in [-0.39, 0.29) is 11.7 Å². The van der Waals surface area contributed by atoms with Crippen molar-refractivity contribution in [1.82, 2.24) is 0 Å². The highest BCUT2D eigenvalue weighted by molar-refractivity contribution is 8.14. The molecule has 1 rings (SSSR count). The van der Waals surface area contributed by atoms with Crippen molar-refractivity contribution in [2.75, 3.05) is 13.7 Å². The van der Waals surface area contributed by atoms with Crippen LogP contribution in [0.25, 0.3) is 0 Å². The number of ether oxygens (including phenoxy) is 5. The lowest BCUT2D eigenvalue weighted by Crippen LogP contribution is -2.60. The molecule has 1 heterocycles. The van der Waals surface area contributed by atoms with Crippen molar-refractivity contribution in [3.8, 4) is 0 Å². The summed E-state index contributed by atoms with van der Waals surface area (Å²) in [7, 11) is 1.34. The lowest BCUT2D eigenvalue weighted by Gasteiger charge is -2.43. The number of carbonyl (C=O) groups is 4. The largest absolute Gasteiger partial charge is 0.463 e. The monoisotopic (exact) mass is 378 g/mol. The van der Waals surface area contributed by atoms with E-state index in [9.17, 15) is 19.2 Å². The Morgan fingerprint density at radius 1 is 0.920 bits per heavy atom. The van der Waals surface area contributed by atoms with Crippen molar-refractivity contribution in [1.29, 1.82) is 0 Å². The van der Waals surface area contributed by atoms with E-state index in [1.165, 1.54) is 34.8 Å². The molecule has 1 saturated heterocycles. The Hall–Kier alpha value is -1.65. The van der Waals surface area contributed by atoms with Crippen molar-refractivity contribution in [2.24, 2.45) is 0 Å². The zero-order chi connectivity index (χ0) is 19.1. The maximum atomic E-state index is 11.7. The van der Waals surface area contributed by atoms with Gasteiger partial charge in [0.25, 0.3) is 0 Å². The minimum absolute atomic E-state index is 0.213. The van der Waals surface area contributed by atoms with E-state index in [2.05, 4.69) is 0 Å². The Labute approximate surface area is 149 Å². The molecule has 9 nitrogen and oxygen atoms in total. The van der Waals surface area contributed by atoms with Crippen molar-refractivity contribution in [3.63, 3.8) is 0 Å². The first-order valence-corrected chi connectivity index (χ1v) is 8.37. The van der Waals surface area contributed by atoms with E-state index >= 15 is 0 Å². The van der Waals surface area contributed by atoms with Crippen LogP contribution in [0.4, 0.5) is 0 Å². The molecule has 0 spiro atoms. The molecule has 0 aliphatic carbocycles. The molecule has 0 saturated carbocycles. The summed E-state index contributed by atoms with van der Waals surface area (Å²) in [5.41, 5.74) is 0. The second-order valence-corrected chi connectivity index (χ2v) is 6.66. The molecule has 10 heteroatoms. The third-order valence-electron chi connectivity index (χ3n) is 3.18. The Morgan fingerprint density at radius 3 is 1.92 bits per heavy atom. The summed E-state index contributed by atoms with van der Waals surface area (Å²) in [6, 6.07) is 0. The summed E-state index contributed by atoms with van der Waals surface area (Å²) in [6.07, 6.45) is -3.88. The van der Waals surface area contributed by atoms with Gasteiger partial charge in [0, 0.05) is 34.8 Å². The molecule has 0 N–H and O–H groups in total. The number of thioether (sulfide) groups is 1. The van der Waals surface area contributed by atoms with Crippen LogP contribution in [0.3, 0.4) is 0 Å². The SMILES string of the molecule is CO[C@@H]1O[C@H](COC(C)=O)[C@H](OC(C)=O)[C@H](SC(C)=O)[C@H]1OC(C)=O. The molecular weight excluding hydrogens is 356 g/mol. The first kappa shape index (κ1) is 21.4. The molecule has 0 aromatic heterocycles. The van der Waals surface area contributed by atoms with Gasteiger partial charge in [0.05, 0.1) is 5.25 Å². The fourth-order valence-electron chi connectivity index (χ4n) is 2.38. The Morgan fingerprint density at radius 2 is 1.48 bits per heavy atom. The molecule has 5 atom stereocenters. The molecule has 0 aromatic carbocycles. The third kappa shape index (κ3) is 6.63. The lowest BCUT2D eigenvalue weighted by molar-refractivity contribution is -0.267. The molecule has 0 bridgehead atoms. The molecule has 25 heavy (non-hydrogen) atoms. The van der Waals surface area contributed by atoms with Crippen LogP contribution in [0, 0.1) is 0 Å². The van der Waals surface area contributed by atoms with E-state index in [1.54, 1.807) is 0 Å². The van der Waals surface area contributed by atoms with Gasteiger partial charge in [-0.3, -0.25) is 19.2 Å². The van der Waals surface area contributed by atoms with Crippen LogP contribution in [-0.4, -0.2) is 66.6 Å². The van der Waals surface area contributed by atoms with Gasteiger partial charge >= 0.3 is 17.9 Å². The number of carbonyl (C=O) groups excluding carboxylic acids is 4. The molecule has 1 aliphatic rings. The molecule has 0 radical (unpaired) electrons. The first-order chi connectivity index (χ1) is 11.6. The fraction of sp³-hybridized carbons (Fsp3) is 0.733. The van der Waals surface area contributed by atoms with E-state index in [1.807, 2.05) is 0 Å². The Balaban J connectivity index is 3.18. The van der Waals surface area contributed by atoms with Crippen molar-refractivity contribution in [3.05, 3.63) is 0 Å². The van der Waals surface area contributed by atoms with Gasteiger partial charge in [-0.15, -0.1) is 0 Å². The van der Waals surface area contributed by atoms with Gasteiger partial charge in [0.2, 0.25) is 0 Å². The number of methoxy groups -OCH3 is 1. The minimum atomic E-state index is -1.02. The topological polar surface area (TPSA) is 114 Å². The van der Waals surface area contributed by atoms with Crippen LogP contribution in [-0.2, 0) is 42.9 Å². The highest BCUT2D eigenvalue weighted by Gasteiger charge is 2.51. The molecule has 0 aromatic rings. The Bertz CT molecular complexity index is 521. The van der Waals surface area contributed by atoms with Crippen LogP contribution in [0.2, 0.25) is 0 Å². The summed E-state index contributed by atoms with van der Waals surface area (Å²) < 4.78 is 26.3. The standard InChI is InChI=1S/C15H22O9S/c1-7(16)21-6-11-12(22-8(2)17)14(25-10(4)19)13(23-9(3)18)15(20-5)24-11/h11-15H,6H2,1-5H3/t11-,12+,13-,14+,15-/m1/s1. The lowest BCUT2D eigenvalue weighted by atomic mass is 10.0. The van der Waals surface area contributed by atoms with Crippen molar-refractivity contribution in [2.45, 2.75) is 57.5 Å². The molecule has 142 valence electrons. The summed E-state index contributed by atoms with van der Waals surface area (Å²) in [6.45, 7) is 4.74. The highest BCUT2D eigenvalue weighted by Crippen LogP contribution is 2.35. The zero-order valence-corrected chi connectivity index (χ0v) is 15.5. The fourth-order valence-corrected chi connectivity index (χ4v) is 3.44. The summed E-state index contributed by atoms with van der Waals surface area (Å²) in [4.78, 5) is 45.7. The second-order valence-electron chi connectivity index (χ2n) is 5.30. The predicted molar refractivity (Wildman–Crippen MR) is 85.5 cm³/mol. The minimum Gasteiger partial charge on any atom is -0.463 e. The van der Waals surface area contributed by atoms with Crippen molar-refractivity contribution < 1.29 is 42.9 Å². The van der Waals surface area contributed by atoms with Gasteiger partial charge in [-0.2, -0.15) is 0 Å². The molecule has 0 amide bonds. The average Bonchev–Trinajstić information content (AvgIpc) is 2.48. The van der Waals surface area contributed by atoms with Crippen LogP contribution in [0.1, 0.15) is 27.7 Å². The van der Waals surface area contributed by atoms with E-state index in [4.69, 9.17) is 23.7 Å². The second kappa shape index (κ2) is 9.73. The first-order valence-electron chi connectivity index (χ1n) is 7.49. The van der Waals surface area contributed by atoms with Gasteiger partial charge in [0.1, 0.15) is 18.8 Å². The van der Waals surface area contributed by atoms with E-state index in [0.717, 1.165) is 11.8 Å². The maximum absolute atomic E-state index is 11.7. The Kier molecular flexibility index (Phi) is 8.33. The molecule has 0 unspecified atom stereocenters. The highest BCUT2D eigenvalue weighted by atomic mass is 32.2.